The number of phosphoric ester groups is 1. The van der Waals surface area contributed by atoms with Crippen LogP contribution < -0.4 is 5.73 Å². The Morgan fingerprint density at radius 3 is 1.42 bits per heavy atom. The van der Waals surface area contributed by atoms with Crippen molar-refractivity contribution in [2.75, 3.05) is 26.4 Å². The Bertz CT molecular complexity index is 1280. The third-order valence-electron chi connectivity index (χ3n) is 8.95. The Kier molecular flexibility index (Phi) is 42.2. The van der Waals surface area contributed by atoms with E-state index in [9.17, 15) is 19.0 Å². The highest BCUT2D eigenvalue weighted by Crippen LogP contribution is 2.43. The van der Waals surface area contributed by atoms with Gasteiger partial charge < -0.3 is 20.1 Å². The van der Waals surface area contributed by atoms with Crippen molar-refractivity contribution in [3.8, 4) is 0 Å². The largest absolute Gasteiger partial charge is 0.472 e. The number of carbonyl (C=O) groups excluding carboxylic acids is 2. The maximum Gasteiger partial charge on any atom is 0.472 e. The van der Waals surface area contributed by atoms with E-state index in [1.807, 2.05) is 0 Å². The Hall–Kier alpha value is -3.07. The van der Waals surface area contributed by atoms with Crippen molar-refractivity contribution in [1.82, 2.24) is 0 Å². The van der Waals surface area contributed by atoms with Crippen LogP contribution in [0.4, 0.5) is 0 Å². The molecule has 0 amide bonds. The van der Waals surface area contributed by atoms with Crippen molar-refractivity contribution in [2.24, 2.45) is 5.73 Å². The minimum Gasteiger partial charge on any atom is -0.462 e. The van der Waals surface area contributed by atoms with Crippen LogP contribution in [-0.2, 0) is 32.7 Å². The third-order valence-corrected chi connectivity index (χ3v) is 9.94. The normalized spacial score (nSPS) is 14.2. The topological polar surface area (TPSA) is 134 Å². The monoisotopic (exact) mass is 844 g/mol. The highest BCUT2D eigenvalue weighted by Gasteiger charge is 2.26. The fraction of sp³-hybridized carbons (Fsp3) is 0.633. The van der Waals surface area contributed by atoms with Crippen molar-refractivity contribution in [1.29, 1.82) is 0 Å². The molecule has 0 saturated heterocycles. The lowest BCUT2D eigenvalue weighted by Crippen LogP contribution is -2.29. The average Bonchev–Trinajstić information content (AvgIpc) is 3.22. The molecule has 336 valence electrons. The lowest BCUT2D eigenvalue weighted by atomic mass is 10.1. The van der Waals surface area contributed by atoms with E-state index in [4.69, 9.17) is 24.3 Å². The van der Waals surface area contributed by atoms with Gasteiger partial charge >= 0.3 is 19.8 Å². The molecule has 2 unspecified atom stereocenters. The molecule has 0 spiro atoms. The second kappa shape index (κ2) is 44.5. The van der Waals surface area contributed by atoms with Gasteiger partial charge in [-0.1, -0.05) is 156 Å². The van der Waals surface area contributed by atoms with Gasteiger partial charge in [0.1, 0.15) is 6.61 Å². The fourth-order valence-corrected chi connectivity index (χ4v) is 6.37. The number of hydrogen-bond acceptors (Lipinski definition) is 8. The van der Waals surface area contributed by atoms with E-state index in [2.05, 4.69) is 111 Å². The van der Waals surface area contributed by atoms with E-state index in [0.717, 1.165) is 83.5 Å². The van der Waals surface area contributed by atoms with Crippen LogP contribution in [0.1, 0.15) is 168 Å². The Morgan fingerprint density at radius 2 is 0.932 bits per heavy atom. The molecule has 0 bridgehead atoms. The summed E-state index contributed by atoms with van der Waals surface area (Å²) in [5, 5.41) is 0. The van der Waals surface area contributed by atoms with Gasteiger partial charge in [0.2, 0.25) is 0 Å². The predicted octanol–water partition coefficient (Wildman–Crippen LogP) is 13.4. The van der Waals surface area contributed by atoms with Crippen molar-refractivity contribution in [3.05, 3.63) is 97.2 Å². The van der Waals surface area contributed by atoms with Crippen molar-refractivity contribution in [2.45, 2.75) is 174 Å². The summed E-state index contributed by atoms with van der Waals surface area (Å²) in [5.41, 5.74) is 5.35. The number of ether oxygens (including phenoxy) is 2. The number of rotatable bonds is 41. The summed E-state index contributed by atoms with van der Waals surface area (Å²) in [5.74, 6) is -0.897. The second-order valence-electron chi connectivity index (χ2n) is 14.5. The molecule has 0 saturated carbocycles. The van der Waals surface area contributed by atoms with Crippen LogP contribution in [0.3, 0.4) is 0 Å². The zero-order chi connectivity index (χ0) is 43.2. The molecule has 0 aromatic heterocycles. The molecule has 9 nitrogen and oxygen atoms in total. The van der Waals surface area contributed by atoms with E-state index in [1.165, 1.54) is 44.9 Å². The van der Waals surface area contributed by atoms with Gasteiger partial charge in [0.05, 0.1) is 13.2 Å². The first kappa shape index (κ1) is 55.9. The van der Waals surface area contributed by atoms with Gasteiger partial charge in [0.15, 0.2) is 6.10 Å². The van der Waals surface area contributed by atoms with E-state index in [0.29, 0.717) is 12.8 Å². The molecular weight excluding hydrogens is 762 g/mol. The van der Waals surface area contributed by atoms with Gasteiger partial charge in [-0.3, -0.25) is 18.6 Å². The Labute approximate surface area is 359 Å². The van der Waals surface area contributed by atoms with E-state index in [-0.39, 0.29) is 32.6 Å². The van der Waals surface area contributed by atoms with Gasteiger partial charge in [0, 0.05) is 19.4 Å². The molecule has 0 aromatic carbocycles. The first-order valence-electron chi connectivity index (χ1n) is 22.7. The molecule has 0 aliphatic carbocycles. The molecule has 0 heterocycles. The lowest BCUT2D eigenvalue weighted by Gasteiger charge is -2.19. The van der Waals surface area contributed by atoms with E-state index < -0.39 is 32.5 Å². The molecule has 0 fully saturated rings. The molecule has 0 aliphatic rings. The van der Waals surface area contributed by atoms with Crippen LogP contribution in [-0.4, -0.2) is 49.3 Å². The number of phosphoric acid groups is 1. The molecule has 3 N–H and O–H groups in total. The van der Waals surface area contributed by atoms with Crippen LogP contribution in [0.2, 0.25) is 0 Å². The predicted molar refractivity (Wildman–Crippen MR) is 247 cm³/mol. The summed E-state index contributed by atoms with van der Waals surface area (Å²) < 4.78 is 32.8. The zero-order valence-corrected chi connectivity index (χ0v) is 37.8. The maximum atomic E-state index is 12.6. The number of unbranched alkanes of at least 4 members (excludes halogenated alkanes) is 12. The standard InChI is InChI=1S/C49H82NO8P/c1-3-5-7-9-11-13-15-17-19-21-22-23-24-26-28-30-32-34-36-38-40-42-49(52)58-47(46-57-59(53,54)56-44-43-50)45-55-48(51)41-39-37-35-33-31-29-27-25-20-18-16-14-12-10-8-6-4-2/h5,7,11-14,17-20,22-23,26,28,32,34,47H,3-4,6,8-10,15-16,21,24-25,27,29-31,33,35-46,50H2,1-2H3,(H,53,54)/b7-5-,13-11-,14-12-,19-17-,20-18-,23-22-,28-26-,34-32-. The maximum absolute atomic E-state index is 12.6. The summed E-state index contributed by atoms with van der Waals surface area (Å²) in [7, 11) is -4.40. The number of esters is 2. The van der Waals surface area contributed by atoms with Crippen molar-refractivity contribution < 1.29 is 37.6 Å². The number of hydrogen-bond donors (Lipinski definition) is 2. The lowest BCUT2D eigenvalue weighted by molar-refractivity contribution is -0.161. The molecule has 0 aliphatic heterocycles. The fourth-order valence-electron chi connectivity index (χ4n) is 5.61. The molecule has 10 heteroatoms. The van der Waals surface area contributed by atoms with Crippen LogP contribution in [0.15, 0.2) is 97.2 Å². The Balaban J connectivity index is 4.26. The molecule has 2 atom stereocenters. The molecule has 0 rings (SSSR count). The van der Waals surface area contributed by atoms with Crippen molar-refractivity contribution >= 4 is 19.8 Å². The second-order valence-corrected chi connectivity index (χ2v) is 16.0. The minimum absolute atomic E-state index is 0.0394. The highest BCUT2D eigenvalue weighted by atomic mass is 31.2. The first-order chi connectivity index (χ1) is 28.8. The molecular formula is C49H82NO8P. The summed E-state index contributed by atoms with van der Waals surface area (Å²) in [6.07, 6.45) is 57.2. The van der Waals surface area contributed by atoms with E-state index >= 15 is 0 Å². The minimum atomic E-state index is -4.40. The number of allylic oxidation sites excluding steroid dienone is 16. The van der Waals surface area contributed by atoms with Crippen LogP contribution in [0, 0.1) is 0 Å². The SMILES string of the molecule is CC/C=C\C/C=C\C/C=C\C/C=C\C/C=C\C/C=C\CCCCC(=O)OC(COC(=O)CCCCCCCCC/C=C\C/C=C\CCCCC)COP(=O)(O)OCCN. The Morgan fingerprint density at radius 1 is 0.525 bits per heavy atom. The summed E-state index contributed by atoms with van der Waals surface area (Å²) >= 11 is 0. The van der Waals surface area contributed by atoms with Crippen LogP contribution >= 0.6 is 7.82 Å². The van der Waals surface area contributed by atoms with Gasteiger partial charge in [-0.2, -0.15) is 0 Å². The van der Waals surface area contributed by atoms with Gasteiger partial charge in [-0.25, -0.2) is 4.57 Å². The summed E-state index contributed by atoms with van der Waals surface area (Å²) in [6.45, 7) is 3.51. The van der Waals surface area contributed by atoms with Gasteiger partial charge in [0.25, 0.3) is 0 Å². The zero-order valence-electron chi connectivity index (χ0n) is 36.9. The van der Waals surface area contributed by atoms with Gasteiger partial charge in [-0.05, 0) is 96.3 Å². The van der Waals surface area contributed by atoms with E-state index in [1.54, 1.807) is 0 Å². The molecule has 0 radical (unpaired) electrons. The molecule has 0 aromatic rings. The number of carbonyl (C=O) groups is 2. The quantitative estimate of drug-likeness (QED) is 0.0267. The van der Waals surface area contributed by atoms with Crippen LogP contribution in [0.25, 0.3) is 0 Å². The summed E-state index contributed by atoms with van der Waals surface area (Å²) in [6, 6.07) is 0. The van der Waals surface area contributed by atoms with Crippen molar-refractivity contribution in [3.63, 3.8) is 0 Å². The average molecular weight is 844 g/mol. The number of nitrogens with two attached hydrogens (primary N) is 1. The van der Waals surface area contributed by atoms with Crippen LogP contribution in [0.5, 0.6) is 0 Å². The smallest absolute Gasteiger partial charge is 0.462 e. The van der Waals surface area contributed by atoms with Gasteiger partial charge in [-0.15, -0.1) is 0 Å². The summed E-state index contributed by atoms with van der Waals surface area (Å²) in [4.78, 5) is 34.9. The first-order valence-corrected chi connectivity index (χ1v) is 24.2. The third kappa shape index (κ3) is 44.3. The molecule has 59 heavy (non-hydrogen) atoms. The highest BCUT2D eigenvalue weighted by molar-refractivity contribution is 7.47.